The van der Waals surface area contributed by atoms with E-state index in [0.717, 1.165) is 11.6 Å². The molecule has 0 amide bonds. The minimum absolute atomic E-state index is 0.328. The lowest BCUT2D eigenvalue weighted by molar-refractivity contribution is 0.466. The van der Waals surface area contributed by atoms with Gasteiger partial charge < -0.3 is 15.1 Å². The van der Waals surface area contributed by atoms with Gasteiger partial charge in [-0.05, 0) is 12.1 Å². The maximum atomic E-state index is 5.76. The van der Waals surface area contributed by atoms with Gasteiger partial charge in [-0.3, -0.25) is 0 Å². The fourth-order valence-corrected chi connectivity index (χ4v) is 1.42. The highest BCUT2D eigenvalue weighted by atomic mass is 16.3. The summed E-state index contributed by atoms with van der Waals surface area (Å²) in [4.78, 5) is 10.6. The molecule has 1 aromatic rings. The van der Waals surface area contributed by atoms with Gasteiger partial charge in [0.15, 0.2) is 0 Å². The quantitative estimate of drug-likeness (QED) is 0.745. The number of nitrogens with two attached hydrogens (primary N) is 1. The van der Waals surface area contributed by atoms with Crippen LogP contribution in [0.5, 0.6) is 0 Å². The summed E-state index contributed by atoms with van der Waals surface area (Å²) in [5.74, 6) is 2.23. The molecular weight excluding hydrogens is 192 g/mol. The summed E-state index contributed by atoms with van der Waals surface area (Å²) in [6, 6.07) is 3.67. The van der Waals surface area contributed by atoms with E-state index >= 15 is 0 Å². The second-order valence-electron chi connectivity index (χ2n) is 3.63. The van der Waals surface area contributed by atoms with E-state index in [2.05, 4.69) is 9.98 Å². The van der Waals surface area contributed by atoms with Gasteiger partial charge >= 0.3 is 0 Å². The molecular formula is C10H14N4O. The van der Waals surface area contributed by atoms with Gasteiger partial charge in [0.25, 0.3) is 0 Å². The molecule has 2 N–H and O–H groups in total. The van der Waals surface area contributed by atoms with Crippen molar-refractivity contribution >= 4 is 11.7 Å². The first-order chi connectivity index (χ1) is 7.16. The van der Waals surface area contributed by atoms with Crippen LogP contribution in [0, 0.1) is 0 Å². The lowest BCUT2D eigenvalue weighted by atomic mass is 10.2. The van der Waals surface area contributed by atoms with Crippen LogP contribution in [0.25, 0.3) is 0 Å². The van der Waals surface area contributed by atoms with E-state index in [1.165, 1.54) is 0 Å². The molecule has 15 heavy (non-hydrogen) atoms. The molecule has 5 nitrogen and oxygen atoms in total. The summed E-state index contributed by atoms with van der Waals surface area (Å²) in [7, 11) is 3.88. The topological polar surface area (TPSA) is 67.1 Å². The van der Waals surface area contributed by atoms with Crippen LogP contribution in [-0.4, -0.2) is 30.7 Å². The van der Waals surface area contributed by atoms with Crippen molar-refractivity contribution in [1.82, 2.24) is 4.90 Å². The average molecular weight is 206 g/mol. The van der Waals surface area contributed by atoms with Crippen LogP contribution in [0.1, 0.15) is 18.3 Å². The van der Waals surface area contributed by atoms with Gasteiger partial charge in [-0.2, -0.15) is 0 Å². The minimum atomic E-state index is -0.328. The number of aliphatic imine (C=N–C) groups is 2. The van der Waals surface area contributed by atoms with Gasteiger partial charge in [-0.1, -0.05) is 0 Å². The molecule has 0 spiro atoms. The minimum Gasteiger partial charge on any atom is -0.465 e. The van der Waals surface area contributed by atoms with Gasteiger partial charge in [-0.25, -0.2) is 9.98 Å². The summed E-state index contributed by atoms with van der Waals surface area (Å²) in [5.41, 5.74) is 5.76. The Bertz CT molecular complexity index is 392. The van der Waals surface area contributed by atoms with E-state index in [-0.39, 0.29) is 6.17 Å². The molecule has 5 heteroatoms. The normalized spacial score (nSPS) is 20.8. The fourth-order valence-electron chi connectivity index (χ4n) is 1.42. The van der Waals surface area contributed by atoms with Gasteiger partial charge in [-0.15, -0.1) is 0 Å². The van der Waals surface area contributed by atoms with E-state index < -0.39 is 0 Å². The zero-order chi connectivity index (χ0) is 10.8. The fraction of sp³-hybridized carbons (Fsp3) is 0.400. The SMILES string of the molecule is CN(C)C1=NC(c2ccco2)N=C(N)C1. The predicted octanol–water partition coefficient (Wildman–Crippen LogP) is 0.999. The molecule has 2 heterocycles. The Kier molecular flexibility index (Phi) is 2.45. The third-order valence-electron chi connectivity index (χ3n) is 2.21. The van der Waals surface area contributed by atoms with Gasteiger partial charge in [0.05, 0.1) is 12.7 Å². The molecule has 1 aliphatic heterocycles. The van der Waals surface area contributed by atoms with Gasteiger partial charge in [0, 0.05) is 14.1 Å². The van der Waals surface area contributed by atoms with Crippen LogP contribution in [0.3, 0.4) is 0 Å². The lowest BCUT2D eigenvalue weighted by Crippen LogP contribution is -2.31. The molecule has 0 aromatic carbocycles. The number of rotatable bonds is 1. The summed E-state index contributed by atoms with van der Waals surface area (Å²) in [6.07, 6.45) is 1.89. The molecule has 0 bridgehead atoms. The number of hydrogen-bond acceptors (Lipinski definition) is 5. The summed E-state index contributed by atoms with van der Waals surface area (Å²) < 4.78 is 5.26. The highest BCUT2D eigenvalue weighted by Gasteiger charge is 2.19. The Hall–Kier alpha value is -1.78. The largest absolute Gasteiger partial charge is 0.465 e. The van der Waals surface area contributed by atoms with Crippen molar-refractivity contribution < 1.29 is 4.42 Å². The van der Waals surface area contributed by atoms with Crippen LogP contribution >= 0.6 is 0 Å². The van der Waals surface area contributed by atoms with Crippen LogP contribution in [0.4, 0.5) is 0 Å². The first kappa shape index (κ1) is 9.76. The molecule has 0 saturated carbocycles. The van der Waals surface area contributed by atoms with E-state index in [4.69, 9.17) is 10.2 Å². The molecule has 1 unspecified atom stereocenters. The molecule has 80 valence electrons. The van der Waals surface area contributed by atoms with Crippen LogP contribution in [-0.2, 0) is 0 Å². The average Bonchev–Trinajstić information content (AvgIpc) is 2.69. The van der Waals surface area contributed by atoms with Crippen LogP contribution < -0.4 is 5.73 Å². The molecule has 0 aliphatic carbocycles. The predicted molar refractivity (Wildman–Crippen MR) is 58.8 cm³/mol. The molecule has 1 atom stereocenters. The molecule has 0 radical (unpaired) electrons. The smallest absolute Gasteiger partial charge is 0.200 e. The summed E-state index contributed by atoms with van der Waals surface area (Å²) in [5, 5.41) is 0. The zero-order valence-corrected chi connectivity index (χ0v) is 8.84. The van der Waals surface area contributed by atoms with Crippen molar-refractivity contribution in [2.45, 2.75) is 12.6 Å². The lowest BCUT2D eigenvalue weighted by Gasteiger charge is -2.21. The van der Waals surface area contributed by atoms with E-state index in [0.29, 0.717) is 12.3 Å². The highest BCUT2D eigenvalue weighted by Crippen LogP contribution is 2.23. The Morgan fingerprint density at radius 3 is 2.87 bits per heavy atom. The van der Waals surface area contributed by atoms with Gasteiger partial charge in [0.2, 0.25) is 6.17 Å². The van der Waals surface area contributed by atoms with Crippen molar-refractivity contribution in [2.24, 2.45) is 15.7 Å². The number of hydrogen-bond donors (Lipinski definition) is 1. The highest BCUT2D eigenvalue weighted by molar-refractivity contribution is 6.02. The van der Waals surface area contributed by atoms with E-state index in [1.54, 1.807) is 6.26 Å². The van der Waals surface area contributed by atoms with Crippen molar-refractivity contribution in [3.05, 3.63) is 24.2 Å². The number of amidine groups is 2. The maximum absolute atomic E-state index is 5.76. The molecule has 2 rings (SSSR count). The van der Waals surface area contributed by atoms with E-state index in [9.17, 15) is 0 Å². The Morgan fingerprint density at radius 2 is 2.27 bits per heavy atom. The standard InChI is InChI=1S/C10H14N4O/c1-14(2)9-6-8(11)12-10(13-9)7-4-3-5-15-7/h3-5,10H,6H2,1-2H3,(H2,11,12). The maximum Gasteiger partial charge on any atom is 0.200 e. The zero-order valence-electron chi connectivity index (χ0n) is 8.84. The van der Waals surface area contributed by atoms with Crippen molar-refractivity contribution in [1.29, 1.82) is 0 Å². The first-order valence-corrected chi connectivity index (χ1v) is 4.76. The second kappa shape index (κ2) is 3.76. The molecule has 0 fully saturated rings. The van der Waals surface area contributed by atoms with Crippen molar-refractivity contribution in [3.8, 4) is 0 Å². The van der Waals surface area contributed by atoms with Crippen LogP contribution in [0.2, 0.25) is 0 Å². The molecule has 1 aliphatic rings. The van der Waals surface area contributed by atoms with Gasteiger partial charge in [0.1, 0.15) is 17.4 Å². The monoisotopic (exact) mass is 206 g/mol. The van der Waals surface area contributed by atoms with Crippen molar-refractivity contribution in [3.63, 3.8) is 0 Å². The third kappa shape index (κ3) is 2.01. The van der Waals surface area contributed by atoms with E-state index in [1.807, 2.05) is 31.1 Å². The van der Waals surface area contributed by atoms with Crippen molar-refractivity contribution in [2.75, 3.05) is 14.1 Å². The molecule has 0 saturated heterocycles. The number of furan rings is 1. The first-order valence-electron chi connectivity index (χ1n) is 4.76. The molecule has 1 aromatic heterocycles. The Morgan fingerprint density at radius 1 is 1.47 bits per heavy atom. The second-order valence-corrected chi connectivity index (χ2v) is 3.63. The Labute approximate surface area is 88.3 Å². The summed E-state index contributed by atoms with van der Waals surface area (Å²) >= 11 is 0. The van der Waals surface area contributed by atoms with Crippen LogP contribution in [0.15, 0.2) is 32.8 Å². The third-order valence-corrected chi connectivity index (χ3v) is 2.21. The number of nitrogens with zero attached hydrogens (tertiary/aromatic N) is 3. The summed E-state index contributed by atoms with van der Waals surface area (Å²) in [6.45, 7) is 0. The Balaban J connectivity index is 2.28.